The lowest BCUT2D eigenvalue weighted by atomic mass is 10.1. The number of aromatic nitrogens is 2. The number of anilines is 2. The van der Waals surface area contributed by atoms with Crippen LogP contribution in [-0.2, 0) is 13.0 Å². The fourth-order valence-electron chi connectivity index (χ4n) is 3.68. The molecule has 154 valence electrons. The number of hydrogen-bond donors (Lipinski definition) is 2. The minimum Gasteiger partial charge on any atom is -0.369 e. The van der Waals surface area contributed by atoms with Crippen LogP contribution in [0.3, 0.4) is 0 Å². The molecule has 2 aromatic carbocycles. The number of nitrogens with zero attached hydrogens (tertiary/aromatic N) is 4. The number of halogens is 1. The van der Waals surface area contributed by atoms with Crippen LogP contribution < -0.4 is 10.2 Å². The lowest BCUT2D eigenvalue weighted by Crippen LogP contribution is -2.44. The van der Waals surface area contributed by atoms with Gasteiger partial charge in [-0.15, -0.1) is 0 Å². The van der Waals surface area contributed by atoms with Crippen molar-refractivity contribution in [2.45, 2.75) is 13.0 Å². The van der Waals surface area contributed by atoms with E-state index in [0.29, 0.717) is 29.4 Å². The van der Waals surface area contributed by atoms with E-state index in [1.165, 1.54) is 5.69 Å². The van der Waals surface area contributed by atoms with E-state index in [4.69, 9.17) is 11.6 Å². The Hall–Kier alpha value is -3.01. The van der Waals surface area contributed by atoms with Crippen molar-refractivity contribution in [3.63, 3.8) is 0 Å². The highest BCUT2D eigenvalue weighted by atomic mass is 35.5. The van der Waals surface area contributed by atoms with Crippen molar-refractivity contribution in [1.29, 1.82) is 5.26 Å². The number of rotatable bonds is 6. The average Bonchev–Trinajstić information content (AvgIpc) is 3.14. The van der Waals surface area contributed by atoms with Crippen molar-refractivity contribution in [2.75, 3.05) is 43.4 Å². The molecular weight excluding hydrogens is 396 g/mol. The number of nitrogens with one attached hydrogen (secondary N) is 2. The highest BCUT2D eigenvalue weighted by Gasteiger charge is 2.15. The molecule has 3 aromatic rings. The Morgan fingerprint density at radius 3 is 2.57 bits per heavy atom. The van der Waals surface area contributed by atoms with Crippen molar-refractivity contribution in [1.82, 2.24) is 15.1 Å². The van der Waals surface area contributed by atoms with Crippen LogP contribution in [0.1, 0.15) is 22.4 Å². The molecule has 30 heavy (non-hydrogen) atoms. The molecule has 0 unspecified atom stereocenters. The van der Waals surface area contributed by atoms with E-state index < -0.39 is 0 Å². The van der Waals surface area contributed by atoms with Gasteiger partial charge in [0.15, 0.2) is 5.82 Å². The summed E-state index contributed by atoms with van der Waals surface area (Å²) in [5.74, 6) is 0.581. The summed E-state index contributed by atoms with van der Waals surface area (Å²) in [6.45, 7) is 4.91. The van der Waals surface area contributed by atoms with Crippen LogP contribution in [0.2, 0.25) is 5.02 Å². The van der Waals surface area contributed by atoms with Crippen molar-refractivity contribution >= 4 is 23.1 Å². The quantitative estimate of drug-likeness (QED) is 0.633. The molecule has 4 rings (SSSR count). The second kappa shape index (κ2) is 9.21. The summed E-state index contributed by atoms with van der Waals surface area (Å²) in [4.78, 5) is 4.77. The summed E-state index contributed by atoms with van der Waals surface area (Å²) in [6.07, 6.45) is 0.581. The highest BCUT2D eigenvalue weighted by Crippen LogP contribution is 2.22. The van der Waals surface area contributed by atoms with Crippen molar-refractivity contribution in [3.8, 4) is 6.07 Å². The van der Waals surface area contributed by atoms with Crippen LogP contribution in [0.25, 0.3) is 0 Å². The summed E-state index contributed by atoms with van der Waals surface area (Å²) in [6, 6.07) is 18.5. The summed E-state index contributed by atoms with van der Waals surface area (Å²) in [5.41, 5.74) is 4.77. The molecule has 0 aliphatic carbocycles. The lowest BCUT2D eigenvalue weighted by molar-refractivity contribution is 0.313. The Labute approximate surface area is 182 Å². The Kier molecular flexibility index (Phi) is 6.22. The Balaban J connectivity index is 1.39. The van der Waals surface area contributed by atoms with Gasteiger partial charge in [0, 0.05) is 49.9 Å². The Morgan fingerprint density at radius 1 is 1.10 bits per heavy atom. The van der Waals surface area contributed by atoms with Gasteiger partial charge < -0.3 is 15.1 Å². The average molecular weight is 421 g/mol. The largest absolute Gasteiger partial charge is 0.369 e. The third-order valence-electron chi connectivity index (χ3n) is 5.49. The minimum absolute atomic E-state index is 0.545. The van der Waals surface area contributed by atoms with Crippen LogP contribution in [0.4, 0.5) is 11.5 Å². The van der Waals surface area contributed by atoms with Gasteiger partial charge in [0.25, 0.3) is 0 Å². The second-order valence-electron chi connectivity index (χ2n) is 7.65. The van der Waals surface area contributed by atoms with E-state index in [0.717, 1.165) is 43.0 Å². The molecule has 0 saturated carbocycles. The van der Waals surface area contributed by atoms with Crippen molar-refractivity contribution < 1.29 is 0 Å². The van der Waals surface area contributed by atoms with E-state index in [-0.39, 0.29) is 0 Å². The van der Waals surface area contributed by atoms with Gasteiger partial charge in [-0.05, 0) is 42.4 Å². The van der Waals surface area contributed by atoms with Gasteiger partial charge in [-0.1, -0.05) is 35.9 Å². The van der Waals surface area contributed by atoms with Gasteiger partial charge in [-0.25, -0.2) is 0 Å². The number of piperazine rings is 1. The molecule has 1 aliphatic rings. The molecule has 7 heteroatoms. The lowest BCUT2D eigenvalue weighted by Gasteiger charge is -2.34. The van der Waals surface area contributed by atoms with Crippen LogP contribution in [0.5, 0.6) is 0 Å². The first kappa shape index (κ1) is 20.3. The van der Waals surface area contributed by atoms with Gasteiger partial charge >= 0.3 is 0 Å². The maximum absolute atomic E-state index is 9.63. The van der Waals surface area contributed by atoms with E-state index in [9.17, 15) is 5.26 Å². The standard InChI is InChI=1S/C23H25ClN6/c1-29-9-11-30(12-10-29)20-7-5-17(6-8-20)16-26-23-21(15-25)22(27-28-23)14-18-3-2-4-19(24)13-18/h2-8,13H,9-12,14,16H2,1H3,(H2,26,27,28). The van der Waals surface area contributed by atoms with Crippen LogP contribution >= 0.6 is 11.6 Å². The molecular formula is C23H25ClN6. The SMILES string of the molecule is CN1CCN(c2ccc(CNc3n[nH]c(Cc4cccc(Cl)c4)c3C#N)cc2)CC1. The maximum atomic E-state index is 9.63. The van der Waals surface area contributed by atoms with Gasteiger partial charge in [0.05, 0.1) is 5.69 Å². The number of aromatic amines is 1. The topological polar surface area (TPSA) is 71.0 Å². The molecule has 0 radical (unpaired) electrons. The van der Waals surface area contributed by atoms with Crippen molar-refractivity contribution in [2.24, 2.45) is 0 Å². The summed E-state index contributed by atoms with van der Waals surface area (Å²) in [7, 11) is 2.16. The zero-order valence-electron chi connectivity index (χ0n) is 17.0. The number of likely N-dealkylation sites (N-methyl/N-ethyl adjacent to an activating group) is 1. The summed E-state index contributed by atoms with van der Waals surface area (Å²) < 4.78 is 0. The zero-order valence-corrected chi connectivity index (χ0v) is 17.8. The van der Waals surface area contributed by atoms with Crippen LogP contribution in [0.15, 0.2) is 48.5 Å². The molecule has 0 bridgehead atoms. The molecule has 6 nitrogen and oxygen atoms in total. The molecule has 0 amide bonds. The van der Waals surface area contributed by atoms with Crippen LogP contribution in [0, 0.1) is 11.3 Å². The molecule has 1 aliphatic heterocycles. The fourth-order valence-corrected chi connectivity index (χ4v) is 3.89. The smallest absolute Gasteiger partial charge is 0.166 e. The van der Waals surface area contributed by atoms with Gasteiger partial charge in [-0.3, -0.25) is 5.10 Å². The zero-order chi connectivity index (χ0) is 20.9. The molecule has 0 atom stereocenters. The minimum atomic E-state index is 0.545. The van der Waals surface area contributed by atoms with E-state index in [1.807, 2.05) is 24.3 Å². The van der Waals surface area contributed by atoms with Crippen molar-refractivity contribution in [3.05, 3.63) is 75.9 Å². The number of benzene rings is 2. The normalized spacial score (nSPS) is 14.5. The summed E-state index contributed by atoms with van der Waals surface area (Å²) >= 11 is 6.07. The maximum Gasteiger partial charge on any atom is 0.166 e. The van der Waals surface area contributed by atoms with Gasteiger partial charge in [0.1, 0.15) is 11.6 Å². The van der Waals surface area contributed by atoms with Crippen LogP contribution in [-0.4, -0.2) is 48.3 Å². The fraction of sp³-hybridized carbons (Fsp3) is 0.304. The number of hydrogen-bond acceptors (Lipinski definition) is 5. The molecule has 0 spiro atoms. The Morgan fingerprint density at radius 2 is 1.87 bits per heavy atom. The Bertz CT molecular complexity index is 1030. The van der Waals surface area contributed by atoms with E-state index in [1.54, 1.807) is 0 Å². The first-order valence-corrected chi connectivity index (χ1v) is 10.5. The third kappa shape index (κ3) is 4.76. The molecule has 2 N–H and O–H groups in total. The highest BCUT2D eigenvalue weighted by molar-refractivity contribution is 6.30. The predicted octanol–water partition coefficient (Wildman–Crippen LogP) is 3.89. The molecule has 1 fully saturated rings. The molecule has 1 aromatic heterocycles. The van der Waals surface area contributed by atoms with Gasteiger partial charge in [-0.2, -0.15) is 10.4 Å². The molecule has 2 heterocycles. The van der Waals surface area contributed by atoms with E-state index >= 15 is 0 Å². The first-order valence-electron chi connectivity index (χ1n) is 10.1. The number of H-pyrrole nitrogens is 1. The first-order chi connectivity index (χ1) is 14.6. The number of nitriles is 1. The second-order valence-corrected chi connectivity index (χ2v) is 8.09. The summed E-state index contributed by atoms with van der Waals surface area (Å²) in [5, 5.41) is 20.9. The van der Waals surface area contributed by atoms with E-state index in [2.05, 4.69) is 62.7 Å². The monoisotopic (exact) mass is 420 g/mol. The third-order valence-corrected chi connectivity index (χ3v) is 5.72. The van der Waals surface area contributed by atoms with Gasteiger partial charge in [0.2, 0.25) is 0 Å². The molecule has 1 saturated heterocycles. The predicted molar refractivity (Wildman–Crippen MR) is 121 cm³/mol.